The zero-order valence-corrected chi connectivity index (χ0v) is 14.5. The van der Waals surface area contributed by atoms with Gasteiger partial charge in [0.2, 0.25) is 5.91 Å². The van der Waals surface area contributed by atoms with Gasteiger partial charge in [0.15, 0.2) is 0 Å². The van der Waals surface area contributed by atoms with Crippen LogP contribution >= 0.6 is 0 Å². The van der Waals surface area contributed by atoms with Crippen molar-refractivity contribution in [3.8, 4) is 0 Å². The average Bonchev–Trinajstić information content (AvgIpc) is 3.00. The van der Waals surface area contributed by atoms with Crippen LogP contribution in [0.2, 0.25) is 0 Å². The van der Waals surface area contributed by atoms with Gasteiger partial charge in [-0.05, 0) is 39.2 Å². The third-order valence-corrected chi connectivity index (χ3v) is 5.60. The summed E-state index contributed by atoms with van der Waals surface area (Å²) in [4.78, 5) is 17.1. The SMILES string of the molecule is CC(C)(C(=O)N1CCN(C2CCCC2O)CC1)c1ccccc1F. The Morgan fingerprint density at radius 3 is 2.42 bits per heavy atom. The molecule has 2 unspecified atom stereocenters. The molecule has 1 amide bonds. The van der Waals surface area contributed by atoms with Crippen LogP contribution < -0.4 is 0 Å². The summed E-state index contributed by atoms with van der Waals surface area (Å²) in [5, 5.41) is 10.1. The molecule has 1 saturated heterocycles. The van der Waals surface area contributed by atoms with Gasteiger partial charge in [-0.15, -0.1) is 0 Å². The first-order valence-corrected chi connectivity index (χ1v) is 8.88. The van der Waals surface area contributed by atoms with Crippen LogP contribution in [0, 0.1) is 5.82 Å². The van der Waals surface area contributed by atoms with E-state index in [1.807, 2.05) is 4.90 Å². The van der Waals surface area contributed by atoms with Crippen LogP contribution in [0.5, 0.6) is 0 Å². The molecular weight excluding hydrogens is 307 g/mol. The first-order valence-electron chi connectivity index (χ1n) is 8.88. The predicted octanol–water partition coefficient (Wildman–Crippen LogP) is 2.16. The molecule has 1 aromatic carbocycles. The molecule has 0 radical (unpaired) electrons. The van der Waals surface area contributed by atoms with Crippen molar-refractivity contribution in [2.75, 3.05) is 26.2 Å². The lowest BCUT2D eigenvalue weighted by Gasteiger charge is -2.41. The minimum absolute atomic E-state index is 0.0285. The Morgan fingerprint density at radius 2 is 1.83 bits per heavy atom. The third kappa shape index (κ3) is 3.20. The van der Waals surface area contributed by atoms with E-state index in [1.54, 1.807) is 32.0 Å². The smallest absolute Gasteiger partial charge is 0.232 e. The van der Waals surface area contributed by atoms with Gasteiger partial charge < -0.3 is 10.0 Å². The van der Waals surface area contributed by atoms with E-state index in [9.17, 15) is 14.3 Å². The molecule has 1 saturated carbocycles. The van der Waals surface area contributed by atoms with Gasteiger partial charge in [0.1, 0.15) is 5.82 Å². The fourth-order valence-electron chi connectivity index (χ4n) is 4.08. The van der Waals surface area contributed by atoms with Crippen molar-refractivity contribution in [2.45, 2.75) is 50.7 Å². The molecule has 1 aliphatic heterocycles. The van der Waals surface area contributed by atoms with Gasteiger partial charge in [-0.3, -0.25) is 9.69 Å². The van der Waals surface area contributed by atoms with E-state index in [0.29, 0.717) is 18.7 Å². The third-order valence-electron chi connectivity index (χ3n) is 5.60. The lowest BCUT2D eigenvalue weighted by molar-refractivity contribution is -0.138. The molecule has 3 rings (SSSR count). The number of hydrogen-bond acceptors (Lipinski definition) is 3. The fourth-order valence-corrected chi connectivity index (χ4v) is 4.08. The Hall–Kier alpha value is -1.46. The van der Waals surface area contributed by atoms with Crippen molar-refractivity contribution in [3.63, 3.8) is 0 Å². The predicted molar refractivity (Wildman–Crippen MR) is 91.2 cm³/mol. The van der Waals surface area contributed by atoms with Crippen LogP contribution in [0.15, 0.2) is 24.3 Å². The average molecular weight is 334 g/mol. The number of aliphatic hydroxyl groups is 1. The number of carbonyl (C=O) groups is 1. The van der Waals surface area contributed by atoms with Gasteiger partial charge >= 0.3 is 0 Å². The summed E-state index contributed by atoms with van der Waals surface area (Å²) >= 11 is 0. The first-order chi connectivity index (χ1) is 11.4. The van der Waals surface area contributed by atoms with E-state index < -0.39 is 5.41 Å². The Bertz CT molecular complexity index is 597. The molecule has 2 aliphatic rings. The van der Waals surface area contributed by atoms with Gasteiger partial charge in [-0.1, -0.05) is 18.2 Å². The number of piperazine rings is 1. The number of nitrogens with zero attached hydrogens (tertiary/aromatic N) is 2. The normalized spacial score (nSPS) is 25.9. The first kappa shape index (κ1) is 17.4. The summed E-state index contributed by atoms with van der Waals surface area (Å²) in [6.07, 6.45) is 2.76. The molecule has 1 heterocycles. The highest BCUT2D eigenvalue weighted by molar-refractivity contribution is 5.87. The van der Waals surface area contributed by atoms with Crippen molar-refractivity contribution < 1.29 is 14.3 Å². The molecule has 2 fully saturated rings. The molecular formula is C19H27FN2O2. The molecule has 5 heteroatoms. The Labute approximate surface area is 143 Å². The van der Waals surface area contributed by atoms with Gasteiger partial charge in [0.05, 0.1) is 11.5 Å². The topological polar surface area (TPSA) is 43.8 Å². The second kappa shape index (κ2) is 6.81. The van der Waals surface area contributed by atoms with Crippen LogP contribution in [0.25, 0.3) is 0 Å². The van der Waals surface area contributed by atoms with E-state index in [1.165, 1.54) is 6.07 Å². The van der Waals surface area contributed by atoms with Crippen molar-refractivity contribution in [2.24, 2.45) is 0 Å². The van der Waals surface area contributed by atoms with Crippen LogP contribution in [-0.2, 0) is 10.2 Å². The molecule has 24 heavy (non-hydrogen) atoms. The van der Waals surface area contributed by atoms with Crippen LogP contribution in [-0.4, -0.2) is 59.1 Å². The van der Waals surface area contributed by atoms with Crippen LogP contribution in [0.4, 0.5) is 4.39 Å². The second-order valence-electron chi connectivity index (χ2n) is 7.50. The molecule has 1 aliphatic carbocycles. The number of amides is 1. The van der Waals surface area contributed by atoms with E-state index in [2.05, 4.69) is 4.90 Å². The summed E-state index contributed by atoms with van der Waals surface area (Å²) < 4.78 is 14.1. The highest BCUT2D eigenvalue weighted by Crippen LogP contribution is 2.30. The quantitative estimate of drug-likeness (QED) is 0.921. The number of halogens is 1. The number of benzene rings is 1. The fraction of sp³-hybridized carbons (Fsp3) is 0.632. The van der Waals surface area contributed by atoms with Crippen molar-refractivity contribution in [3.05, 3.63) is 35.6 Å². The van der Waals surface area contributed by atoms with Gasteiger partial charge in [0.25, 0.3) is 0 Å². The van der Waals surface area contributed by atoms with Crippen molar-refractivity contribution >= 4 is 5.91 Å². The number of hydrogen-bond donors (Lipinski definition) is 1. The number of aliphatic hydroxyl groups excluding tert-OH is 1. The minimum atomic E-state index is -0.875. The van der Waals surface area contributed by atoms with Crippen LogP contribution in [0.1, 0.15) is 38.7 Å². The summed E-state index contributed by atoms with van der Waals surface area (Å²) in [5.74, 6) is -0.359. The van der Waals surface area contributed by atoms with Gasteiger partial charge in [-0.2, -0.15) is 0 Å². The molecule has 0 bridgehead atoms. The Morgan fingerprint density at radius 1 is 1.17 bits per heavy atom. The zero-order valence-electron chi connectivity index (χ0n) is 14.5. The largest absolute Gasteiger partial charge is 0.391 e. The zero-order chi connectivity index (χ0) is 17.3. The Balaban J connectivity index is 1.65. The molecule has 1 aromatic rings. The van der Waals surface area contributed by atoms with Crippen LogP contribution in [0.3, 0.4) is 0 Å². The van der Waals surface area contributed by atoms with E-state index in [0.717, 1.165) is 32.4 Å². The minimum Gasteiger partial charge on any atom is -0.391 e. The van der Waals surface area contributed by atoms with Gasteiger partial charge in [0, 0.05) is 37.8 Å². The van der Waals surface area contributed by atoms with E-state index >= 15 is 0 Å². The molecule has 0 aromatic heterocycles. The second-order valence-corrected chi connectivity index (χ2v) is 7.50. The molecule has 0 spiro atoms. The maximum atomic E-state index is 14.1. The van der Waals surface area contributed by atoms with E-state index in [-0.39, 0.29) is 23.9 Å². The monoisotopic (exact) mass is 334 g/mol. The van der Waals surface area contributed by atoms with Crippen molar-refractivity contribution in [1.82, 2.24) is 9.80 Å². The number of carbonyl (C=O) groups excluding carboxylic acids is 1. The summed E-state index contributed by atoms with van der Waals surface area (Å²) in [7, 11) is 0. The molecule has 4 nitrogen and oxygen atoms in total. The lowest BCUT2D eigenvalue weighted by Crippen LogP contribution is -2.56. The maximum absolute atomic E-state index is 14.1. The summed E-state index contributed by atoms with van der Waals surface area (Å²) in [6, 6.07) is 6.75. The molecule has 1 N–H and O–H groups in total. The standard InChI is InChI=1S/C19H27FN2O2/c1-19(2,14-6-3-4-7-15(14)20)18(24)22-12-10-21(11-13-22)16-8-5-9-17(16)23/h3-4,6-7,16-17,23H,5,8-13H2,1-2H3. The van der Waals surface area contributed by atoms with Crippen molar-refractivity contribution in [1.29, 1.82) is 0 Å². The molecule has 2 atom stereocenters. The summed E-state index contributed by atoms with van der Waals surface area (Å²) in [6.45, 7) is 6.42. The number of rotatable bonds is 3. The highest BCUT2D eigenvalue weighted by atomic mass is 19.1. The lowest BCUT2D eigenvalue weighted by atomic mass is 9.82. The maximum Gasteiger partial charge on any atom is 0.232 e. The highest BCUT2D eigenvalue weighted by Gasteiger charge is 2.38. The van der Waals surface area contributed by atoms with E-state index in [4.69, 9.17) is 0 Å². The summed E-state index contributed by atoms with van der Waals surface area (Å²) in [5.41, 5.74) is -0.427. The van der Waals surface area contributed by atoms with Gasteiger partial charge in [-0.25, -0.2) is 4.39 Å². The Kier molecular flexibility index (Phi) is 4.92. The molecule has 132 valence electrons.